The van der Waals surface area contributed by atoms with Gasteiger partial charge >= 0.3 is 0 Å². The molecule has 0 aliphatic carbocycles. The molecule has 1 aromatic heterocycles. The van der Waals surface area contributed by atoms with Crippen LogP contribution in [0.5, 0.6) is 11.6 Å². The molecule has 0 fully saturated rings. The summed E-state index contributed by atoms with van der Waals surface area (Å²) in [6, 6.07) is 6.54. The van der Waals surface area contributed by atoms with E-state index >= 15 is 0 Å². The number of benzene rings is 1. The number of nitrogens with zero attached hydrogens (tertiary/aromatic N) is 3. The molecule has 1 N–H and O–H groups in total. The summed E-state index contributed by atoms with van der Waals surface area (Å²) in [5.41, 5.74) is -1.05. The third kappa shape index (κ3) is 3.86. The summed E-state index contributed by atoms with van der Waals surface area (Å²) in [7, 11) is 0. The average Bonchev–Trinajstić information content (AvgIpc) is 2.66. The smallest absolute Gasteiger partial charge is 0.271 e. The van der Waals surface area contributed by atoms with Crippen molar-refractivity contribution in [2.45, 2.75) is 33.2 Å². The van der Waals surface area contributed by atoms with Crippen LogP contribution in [0.4, 0.5) is 5.69 Å². The van der Waals surface area contributed by atoms with E-state index in [0.29, 0.717) is 6.42 Å². The molecule has 0 aliphatic heterocycles. The number of rotatable bonds is 7. The van der Waals surface area contributed by atoms with E-state index < -0.39 is 34.8 Å². The van der Waals surface area contributed by atoms with Crippen molar-refractivity contribution in [2.75, 3.05) is 6.61 Å². The van der Waals surface area contributed by atoms with Crippen molar-refractivity contribution in [3.8, 4) is 17.7 Å². The van der Waals surface area contributed by atoms with Crippen molar-refractivity contribution >= 4 is 11.5 Å². The van der Waals surface area contributed by atoms with Gasteiger partial charge in [-0.15, -0.1) is 0 Å². The number of hydrogen-bond donors (Lipinski definition) is 1. The Balaban J connectivity index is 2.38. The van der Waals surface area contributed by atoms with Gasteiger partial charge in [0, 0.05) is 18.2 Å². The molecule has 9 nitrogen and oxygen atoms in total. The van der Waals surface area contributed by atoms with Gasteiger partial charge in [-0.2, -0.15) is 5.26 Å². The van der Waals surface area contributed by atoms with Crippen molar-refractivity contribution in [2.24, 2.45) is 0 Å². The fraction of sp³-hybridized carbons (Fsp3) is 0.316. The molecule has 2 rings (SSSR count). The number of pyridine rings is 1. The first-order chi connectivity index (χ1) is 13.2. The average molecular weight is 385 g/mol. The van der Waals surface area contributed by atoms with Crippen LogP contribution < -0.4 is 10.3 Å². The Bertz CT molecular complexity index is 1020. The number of aromatic hydroxyl groups is 1. The van der Waals surface area contributed by atoms with E-state index in [4.69, 9.17) is 4.74 Å². The molecule has 0 saturated carbocycles. The molecule has 1 unspecified atom stereocenters. The highest BCUT2D eigenvalue weighted by atomic mass is 16.6. The highest BCUT2D eigenvalue weighted by Gasteiger charge is 2.25. The number of nitro benzene ring substituents is 1. The van der Waals surface area contributed by atoms with Crippen molar-refractivity contribution in [1.82, 2.24) is 4.57 Å². The third-order valence-corrected chi connectivity index (χ3v) is 4.47. The van der Waals surface area contributed by atoms with Crippen molar-refractivity contribution < 1.29 is 19.6 Å². The van der Waals surface area contributed by atoms with Gasteiger partial charge in [0.15, 0.2) is 6.61 Å². The molecule has 0 bridgehead atoms. The van der Waals surface area contributed by atoms with E-state index in [1.54, 1.807) is 13.0 Å². The molecule has 9 heteroatoms. The fourth-order valence-electron chi connectivity index (χ4n) is 2.73. The molecule has 2 aromatic rings. The van der Waals surface area contributed by atoms with E-state index in [0.717, 1.165) is 4.57 Å². The number of nitriles is 1. The predicted octanol–water partition coefficient (Wildman–Crippen LogP) is 2.87. The van der Waals surface area contributed by atoms with Crippen LogP contribution in [0.15, 0.2) is 29.1 Å². The van der Waals surface area contributed by atoms with Gasteiger partial charge in [-0.05, 0) is 38.0 Å². The van der Waals surface area contributed by atoms with E-state index in [-0.39, 0.29) is 28.1 Å². The number of nitro groups is 1. The highest BCUT2D eigenvalue weighted by Crippen LogP contribution is 2.26. The van der Waals surface area contributed by atoms with Crippen molar-refractivity contribution in [3.05, 3.63) is 61.4 Å². The number of Topliss-reactive ketones (excluding diaryl/α,β-unsaturated/α-hetero) is 1. The van der Waals surface area contributed by atoms with Crippen LogP contribution in [0.1, 0.15) is 47.8 Å². The summed E-state index contributed by atoms with van der Waals surface area (Å²) in [6.45, 7) is 4.44. The maximum Gasteiger partial charge on any atom is 0.271 e. The number of ether oxygens (including phenoxy) is 1. The Labute approximate surface area is 160 Å². The Morgan fingerprint density at radius 1 is 1.39 bits per heavy atom. The monoisotopic (exact) mass is 385 g/mol. The van der Waals surface area contributed by atoms with Gasteiger partial charge in [-0.25, -0.2) is 0 Å². The molecule has 1 heterocycles. The molecule has 0 spiro atoms. The van der Waals surface area contributed by atoms with Crippen LogP contribution in [0.3, 0.4) is 0 Å². The molecule has 1 atom stereocenters. The SMILES string of the molecule is CCC(C)n1c(O)c(C(=O)COc2ccc([N+](=O)[O-])cc2)c(C)c(C#N)c1=O. The van der Waals surface area contributed by atoms with Gasteiger partial charge in [-0.3, -0.25) is 24.3 Å². The van der Waals surface area contributed by atoms with E-state index in [1.165, 1.54) is 31.2 Å². The minimum Gasteiger partial charge on any atom is -0.494 e. The van der Waals surface area contributed by atoms with Crippen LogP contribution in [0, 0.1) is 28.4 Å². The maximum atomic E-state index is 12.7. The lowest BCUT2D eigenvalue weighted by molar-refractivity contribution is -0.384. The summed E-state index contributed by atoms with van der Waals surface area (Å²) in [4.78, 5) is 35.2. The zero-order valence-electron chi connectivity index (χ0n) is 15.6. The Kier molecular flexibility index (Phi) is 6.15. The summed E-state index contributed by atoms with van der Waals surface area (Å²) in [6.07, 6.45) is 0.508. The van der Waals surface area contributed by atoms with Crippen molar-refractivity contribution in [1.29, 1.82) is 5.26 Å². The van der Waals surface area contributed by atoms with Gasteiger partial charge in [0.1, 0.15) is 17.4 Å². The Morgan fingerprint density at radius 3 is 2.50 bits per heavy atom. The van der Waals surface area contributed by atoms with Crippen LogP contribution in [0.25, 0.3) is 0 Å². The number of aromatic nitrogens is 1. The third-order valence-electron chi connectivity index (χ3n) is 4.47. The summed E-state index contributed by atoms with van der Waals surface area (Å²) in [5.74, 6) is -0.901. The number of ketones is 1. The van der Waals surface area contributed by atoms with Gasteiger partial charge in [0.25, 0.3) is 11.2 Å². The van der Waals surface area contributed by atoms with Crippen LogP contribution >= 0.6 is 0 Å². The largest absolute Gasteiger partial charge is 0.494 e. The fourth-order valence-corrected chi connectivity index (χ4v) is 2.73. The Hall–Kier alpha value is -3.67. The van der Waals surface area contributed by atoms with E-state index in [2.05, 4.69) is 0 Å². The zero-order valence-corrected chi connectivity index (χ0v) is 15.6. The van der Waals surface area contributed by atoms with Gasteiger partial charge in [0.05, 0.1) is 10.5 Å². The minimum absolute atomic E-state index is 0.0850. The first-order valence-electron chi connectivity index (χ1n) is 8.51. The second kappa shape index (κ2) is 8.35. The summed E-state index contributed by atoms with van der Waals surface area (Å²) < 4.78 is 6.38. The molecule has 28 heavy (non-hydrogen) atoms. The lowest BCUT2D eigenvalue weighted by atomic mass is 10.0. The van der Waals surface area contributed by atoms with Crippen LogP contribution in [-0.4, -0.2) is 27.0 Å². The lowest BCUT2D eigenvalue weighted by Crippen LogP contribution is -2.29. The number of hydrogen-bond acceptors (Lipinski definition) is 7. The van der Waals surface area contributed by atoms with Gasteiger partial charge < -0.3 is 9.84 Å². The first kappa shape index (κ1) is 20.6. The topological polar surface area (TPSA) is 135 Å². The van der Waals surface area contributed by atoms with Crippen LogP contribution in [-0.2, 0) is 0 Å². The molecule has 0 amide bonds. The molecule has 0 aliphatic rings. The molecular formula is C19H19N3O6. The van der Waals surface area contributed by atoms with Crippen LogP contribution in [0.2, 0.25) is 0 Å². The lowest BCUT2D eigenvalue weighted by Gasteiger charge is -2.19. The number of non-ortho nitro benzene ring substituents is 1. The molecule has 0 radical (unpaired) electrons. The van der Waals surface area contributed by atoms with Gasteiger partial charge in [0.2, 0.25) is 11.7 Å². The van der Waals surface area contributed by atoms with Crippen molar-refractivity contribution in [3.63, 3.8) is 0 Å². The second-order valence-electron chi connectivity index (χ2n) is 6.21. The standard InChI is InChI=1S/C19H19N3O6/c1-4-11(2)21-18(24)15(9-20)12(3)17(19(21)25)16(23)10-28-14-7-5-13(6-8-14)22(26)27/h5-8,11,25H,4,10H2,1-3H3. The van der Waals surface area contributed by atoms with Gasteiger partial charge in [-0.1, -0.05) is 6.92 Å². The quantitative estimate of drug-likeness (QED) is 0.440. The van der Waals surface area contributed by atoms with E-state index in [9.17, 15) is 30.1 Å². The predicted molar refractivity (Wildman–Crippen MR) is 99.7 cm³/mol. The molecular weight excluding hydrogens is 366 g/mol. The highest BCUT2D eigenvalue weighted by molar-refractivity contribution is 6.01. The Morgan fingerprint density at radius 2 is 2.00 bits per heavy atom. The summed E-state index contributed by atoms with van der Waals surface area (Å²) >= 11 is 0. The second-order valence-corrected chi connectivity index (χ2v) is 6.21. The summed E-state index contributed by atoms with van der Waals surface area (Å²) in [5, 5.41) is 30.5. The molecule has 1 aromatic carbocycles. The number of carbonyl (C=O) groups excluding carboxylic acids is 1. The zero-order chi connectivity index (χ0) is 21.0. The first-order valence-corrected chi connectivity index (χ1v) is 8.51. The normalized spacial score (nSPS) is 11.5. The number of carbonyl (C=O) groups is 1. The molecule has 0 saturated heterocycles. The minimum atomic E-state index is -0.653. The van der Waals surface area contributed by atoms with E-state index in [1.807, 2.05) is 6.92 Å². The maximum absolute atomic E-state index is 12.7. The molecule has 146 valence electrons.